The minimum atomic E-state index is 0.933. The highest BCUT2D eigenvalue weighted by atomic mass is 16.3. The number of aryl methyl sites for hydroxylation is 5. The molecule has 156 valence electrons. The topological polar surface area (TPSA) is 17.0 Å². The first-order valence-electron chi connectivity index (χ1n) is 11.2. The van der Waals surface area contributed by atoms with E-state index in [2.05, 4.69) is 100.0 Å². The van der Waals surface area contributed by atoms with Crippen molar-refractivity contribution in [3.63, 3.8) is 0 Å². The van der Waals surface area contributed by atoms with Crippen molar-refractivity contribution >= 4 is 43.6 Å². The Morgan fingerprint density at radius 3 is 2.25 bits per heavy atom. The lowest BCUT2D eigenvalue weighted by Crippen LogP contribution is -2.32. The minimum Gasteiger partial charge on any atom is -0.455 e. The van der Waals surface area contributed by atoms with Gasteiger partial charge in [0.25, 0.3) is 0 Å². The summed E-state index contributed by atoms with van der Waals surface area (Å²) in [5, 5.41) is 6.17. The van der Waals surface area contributed by atoms with Gasteiger partial charge in [-0.3, -0.25) is 0 Å². The minimum absolute atomic E-state index is 0.933. The zero-order chi connectivity index (χ0) is 22.1. The van der Waals surface area contributed by atoms with E-state index in [4.69, 9.17) is 4.42 Å². The summed E-state index contributed by atoms with van der Waals surface area (Å²) in [5.41, 5.74) is 10.9. The van der Waals surface area contributed by atoms with E-state index in [0.717, 1.165) is 16.6 Å². The Morgan fingerprint density at radius 1 is 0.719 bits per heavy atom. The van der Waals surface area contributed by atoms with Gasteiger partial charge in [-0.25, -0.2) is 0 Å². The molecule has 0 radical (unpaired) electrons. The lowest BCUT2D eigenvalue weighted by atomic mass is 9.88. The van der Waals surface area contributed by atoms with E-state index in [1.807, 2.05) is 6.07 Å². The van der Waals surface area contributed by atoms with Gasteiger partial charge in [-0.05, 0) is 67.3 Å². The van der Waals surface area contributed by atoms with Gasteiger partial charge in [-0.1, -0.05) is 54.1 Å². The maximum atomic E-state index is 6.48. The molecule has 2 aromatic heterocycles. The van der Waals surface area contributed by atoms with E-state index < -0.39 is 0 Å². The van der Waals surface area contributed by atoms with E-state index in [1.165, 1.54) is 60.6 Å². The smallest absolute Gasteiger partial charge is 0.225 e. The number of para-hydroxylation sites is 2. The standard InChI is InChI=1S/C30H26NO/c1-17-14-18(2)26-20(4)27(19(3)16-21(26)15-17)29-28-23-11-7-9-13-25(23)32-30(28)22-10-6-8-12-24(22)31(29)5/h6-16H,1-5H3/q+1. The summed E-state index contributed by atoms with van der Waals surface area (Å²) in [6, 6.07) is 23.9. The van der Waals surface area contributed by atoms with E-state index in [1.54, 1.807) is 0 Å². The number of hydrogen-bond acceptors (Lipinski definition) is 1. The van der Waals surface area contributed by atoms with Crippen molar-refractivity contribution in [2.24, 2.45) is 7.05 Å². The molecule has 0 amide bonds. The molecule has 0 unspecified atom stereocenters. The van der Waals surface area contributed by atoms with Crippen LogP contribution in [0.5, 0.6) is 0 Å². The van der Waals surface area contributed by atoms with Gasteiger partial charge in [0.15, 0.2) is 5.58 Å². The molecular weight excluding hydrogens is 390 g/mol. The second-order valence-corrected chi connectivity index (χ2v) is 9.10. The van der Waals surface area contributed by atoms with Crippen LogP contribution < -0.4 is 4.57 Å². The number of nitrogens with zero attached hydrogens (tertiary/aromatic N) is 1. The van der Waals surface area contributed by atoms with Gasteiger partial charge < -0.3 is 4.42 Å². The first-order valence-corrected chi connectivity index (χ1v) is 11.2. The van der Waals surface area contributed by atoms with Crippen LogP contribution in [-0.4, -0.2) is 0 Å². The molecule has 0 aliphatic heterocycles. The van der Waals surface area contributed by atoms with Crippen molar-refractivity contribution in [2.45, 2.75) is 27.7 Å². The molecule has 0 bridgehead atoms. The molecule has 32 heavy (non-hydrogen) atoms. The number of rotatable bonds is 1. The lowest BCUT2D eigenvalue weighted by molar-refractivity contribution is -0.632. The van der Waals surface area contributed by atoms with Crippen molar-refractivity contribution in [3.8, 4) is 11.3 Å². The third-order valence-corrected chi connectivity index (χ3v) is 6.94. The highest BCUT2D eigenvalue weighted by Gasteiger charge is 2.28. The van der Waals surface area contributed by atoms with E-state index >= 15 is 0 Å². The SMILES string of the molecule is Cc1cc(C)c2c(C)c(-c3c4c5ccccc5oc4c4ccccc4[n+]3C)c(C)cc2c1. The normalized spacial score (nSPS) is 11.9. The predicted octanol–water partition coefficient (Wildman–Crippen LogP) is 7.62. The van der Waals surface area contributed by atoms with E-state index in [9.17, 15) is 0 Å². The van der Waals surface area contributed by atoms with Crippen molar-refractivity contribution < 1.29 is 8.98 Å². The molecule has 0 saturated heterocycles. The molecule has 2 heterocycles. The maximum absolute atomic E-state index is 6.48. The number of pyridine rings is 1. The largest absolute Gasteiger partial charge is 0.455 e. The van der Waals surface area contributed by atoms with Crippen LogP contribution >= 0.6 is 0 Å². The van der Waals surface area contributed by atoms with Gasteiger partial charge in [-0.15, -0.1) is 0 Å². The molecule has 0 fully saturated rings. The summed E-state index contributed by atoms with van der Waals surface area (Å²) < 4.78 is 8.83. The zero-order valence-electron chi connectivity index (χ0n) is 19.2. The molecular formula is C30H26NO+. The fraction of sp³-hybridized carbons (Fsp3) is 0.167. The van der Waals surface area contributed by atoms with Crippen molar-refractivity contribution in [2.75, 3.05) is 0 Å². The Morgan fingerprint density at radius 2 is 1.44 bits per heavy atom. The summed E-state index contributed by atoms with van der Waals surface area (Å²) in [6.07, 6.45) is 0. The number of benzene rings is 4. The summed E-state index contributed by atoms with van der Waals surface area (Å²) in [6.45, 7) is 8.92. The second kappa shape index (κ2) is 6.67. The average Bonchev–Trinajstić information content (AvgIpc) is 3.15. The second-order valence-electron chi connectivity index (χ2n) is 9.10. The van der Waals surface area contributed by atoms with Crippen molar-refractivity contribution in [1.82, 2.24) is 0 Å². The molecule has 4 aromatic carbocycles. The van der Waals surface area contributed by atoms with Crippen LogP contribution in [0.25, 0.3) is 54.9 Å². The zero-order valence-corrected chi connectivity index (χ0v) is 19.2. The third kappa shape index (κ3) is 2.50. The first-order chi connectivity index (χ1) is 15.5. The van der Waals surface area contributed by atoms with Crippen LogP contribution in [0.4, 0.5) is 0 Å². The molecule has 6 rings (SSSR count). The Balaban J connectivity index is 1.89. The molecule has 2 heteroatoms. The van der Waals surface area contributed by atoms with Crippen LogP contribution in [-0.2, 0) is 7.05 Å². The summed E-state index contributed by atoms with van der Waals surface area (Å²) in [7, 11) is 2.18. The van der Waals surface area contributed by atoms with Gasteiger partial charge in [-0.2, -0.15) is 4.57 Å². The molecule has 0 spiro atoms. The Hall–Kier alpha value is -3.65. The molecule has 0 N–H and O–H groups in total. The number of fused-ring (bicyclic) bond motifs is 6. The average molecular weight is 417 g/mol. The number of aromatic nitrogens is 1. The third-order valence-electron chi connectivity index (χ3n) is 6.94. The van der Waals surface area contributed by atoms with Gasteiger partial charge in [0.2, 0.25) is 11.2 Å². The van der Waals surface area contributed by atoms with Gasteiger partial charge in [0.1, 0.15) is 18.0 Å². The summed E-state index contributed by atoms with van der Waals surface area (Å²) in [4.78, 5) is 0. The van der Waals surface area contributed by atoms with Crippen LogP contribution in [0.1, 0.15) is 22.3 Å². The van der Waals surface area contributed by atoms with E-state index in [-0.39, 0.29) is 0 Å². The molecule has 2 nitrogen and oxygen atoms in total. The van der Waals surface area contributed by atoms with Crippen LogP contribution in [0.3, 0.4) is 0 Å². The maximum Gasteiger partial charge on any atom is 0.225 e. The monoisotopic (exact) mass is 416 g/mol. The van der Waals surface area contributed by atoms with Gasteiger partial charge in [0, 0.05) is 11.5 Å². The van der Waals surface area contributed by atoms with Crippen molar-refractivity contribution in [1.29, 1.82) is 0 Å². The fourth-order valence-electron chi connectivity index (χ4n) is 5.73. The number of hydrogen-bond donors (Lipinski definition) is 0. The highest BCUT2D eigenvalue weighted by molar-refractivity contribution is 6.18. The van der Waals surface area contributed by atoms with E-state index in [0.29, 0.717) is 0 Å². The quantitative estimate of drug-likeness (QED) is 0.252. The van der Waals surface area contributed by atoms with Crippen LogP contribution in [0.2, 0.25) is 0 Å². The Labute approximate surface area is 187 Å². The lowest BCUT2D eigenvalue weighted by Gasteiger charge is -2.16. The molecule has 0 aliphatic carbocycles. The summed E-state index contributed by atoms with van der Waals surface area (Å²) in [5.74, 6) is 0. The van der Waals surface area contributed by atoms with Crippen LogP contribution in [0.15, 0.2) is 71.1 Å². The van der Waals surface area contributed by atoms with Gasteiger partial charge in [0.05, 0.1) is 10.9 Å². The molecule has 0 saturated carbocycles. The summed E-state index contributed by atoms with van der Waals surface area (Å²) >= 11 is 0. The fourth-order valence-corrected chi connectivity index (χ4v) is 5.73. The predicted molar refractivity (Wildman–Crippen MR) is 134 cm³/mol. The molecule has 0 atom stereocenters. The van der Waals surface area contributed by atoms with Crippen molar-refractivity contribution in [3.05, 3.63) is 89.0 Å². The van der Waals surface area contributed by atoms with Gasteiger partial charge >= 0.3 is 0 Å². The first kappa shape index (κ1) is 19.1. The van der Waals surface area contributed by atoms with Crippen LogP contribution in [0, 0.1) is 27.7 Å². The number of furan rings is 1. The molecule has 6 aromatic rings. The Kier molecular flexibility index (Phi) is 3.98. The Bertz CT molecular complexity index is 1720. The molecule has 0 aliphatic rings. The highest BCUT2D eigenvalue weighted by Crippen LogP contribution is 2.42.